The van der Waals surface area contributed by atoms with Crippen molar-refractivity contribution in [2.24, 2.45) is 17.8 Å². The van der Waals surface area contributed by atoms with Crippen molar-refractivity contribution in [1.82, 2.24) is 5.32 Å². The first kappa shape index (κ1) is 9.69. The van der Waals surface area contributed by atoms with E-state index in [0.717, 1.165) is 0 Å². The minimum absolute atomic E-state index is 0.0316. The Morgan fingerprint density at radius 3 is 2.36 bits per heavy atom. The van der Waals surface area contributed by atoms with Crippen LogP contribution in [0, 0.1) is 17.8 Å². The molecule has 0 aromatic heterocycles. The van der Waals surface area contributed by atoms with Gasteiger partial charge in [-0.25, -0.2) is 0 Å². The molecule has 0 aliphatic heterocycles. The Morgan fingerprint density at radius 1 is 1.29 bits per heavy atom. The zero-order valence-corrected chi connectivity index (χ0v) is 8.75. The van der Waals surface area contributed by atoms with Gasteiger partial charge in [-0.3, -0.25) is 9.59 Å². The van der Waals surface area contributed by atoms with Crippen molar-refractivity contribution in [2.75, 3.05) is 0 Å². The summed E-state index contributed by atoms with van der Waals surface area (Å²) in [6, 6.07) is -0.316. The van der Waals surface area contributed by atoms with Gasteiger partial charge >= 0.3 is 0 Å². The molecule has 2 aliphatic rings. The predicted octanol–water partition coefficient (Wildman–Crippen LogP) is 1.13. The monoisotopic (exact) mass is 195 g/mol. The summed E-state index contributed by atoms with van der Waals surface area (Å²) in [5.74, 6) is 1.63. The van der Waals surface area contributed by atoms with E-state index >= 15 is 0 Å². The van der Waals surface area contributed by atoms with Gasteiger partial charge in [0.1, 0.15) is 0 Å². The van der Waals surface area contributed by atoms with E-state index in [2.05, 4.69) is 5.32 Å². The van der Waals surface area contributed by atoms with Gasteiger partial charge in [-0.05, 0) is 38.5 Å². The molecular weight excluding hydrogens is 178 g/mol. The van der Waals surface area contributed by atoms with E-state index in [4.69, 9.17) is 0 Å². The fourth-order valence-electron chi connectivity index (χ4n) is 2.62. The third-order valence-electron chi connectivity index (χ3n) is 3.68. The van der Waals surface area contributed by atoms with Crippen LogP contribution >= 0.6 is 0 Å². The van der Waals surface area contributed by atoms with E-state index < -0.39 is 0 Å². The summed E-state index contributed by atoms with van der Waals surface area (Å²) in [5.41, 5.74) is 0. The van der Waals surface area contributed by atoms with Gasteiger partial charge in [0.05, 0.1) is 6.04 Å². The van der Waals surface area contributed by atoms with Crippen molar-refractivity contribution >= 4 is 11.7 Å². The molecule has 0 heterocycles. The lowest BCUT2D eigenvalue weighted by molar-refractivity contribution is -0.127. The average Bonchev–Trinajstić information content (AvgIpc) is 2.61. The van der Waals surface area contributed by atoms with Crippen LogP contribution in [0.4, 0.5) is 0 Å². The third kappa shape index (κ3) is 1.56. The maximum atomic E-state index is 11.7. The minimum Gasteiger partial charge on any atom is -0.346 e. The number of hydrogen-bond donors (Lipinski definition) is 1. The van der Waals surface area contributed by atoms with Gasteiger partial charge in [0.2, 0.25) is 5.91 Å². The van der Waals surface area contributed by atoms with Gasteiger partial charge in [0.15, 0.2) is 5.78 Å². The van der Waals surface area contributed by atoms with E-state index in [1.54, 1.807) is 6.92 Å². The number of carbonyl (C=O) groups excluding carboxylic acids is 2. The molecular formula is C11H17NO2. The van der Waals surface area contributed by atoms with Gasteiger partial charge in [-0.2, -0.15) is 0 Å². The smallest absolute Gasteiger partial charge is 0.224 e. The molecule has 3 nitrogen and oxygen atoms in total. The molecule has 0 radical (unpaired) electrons. The van der Waals surface area contributed by atoms with Crippen molar-refractivity contribution in [1.29, 1.82) is 0 Å². The minimum atomic E-state index is -0.316. The van der Waals surface area contributed by atoms with E-state index in [-0.39, 0.29) is 23.7 Å². The lowest BCUT2D eigenvalue weighted by Gasteiger charge is -2.11. The fraction of sp³-hybridized carbons (Fsp3) is 0.818. The molecule has 3 unspecified atom stereocenters. The van der Waals surface area contributed by atoms with Crippen molar-refractivity contribution < 1.29 is 9.59 Å². The lowest BCUT2D eigenvalue weighted by Crippen LogP contribution is -2.38. The highest BCUT2D eigenvalue weighted by atomic mass is 16.2. The summed E-state index contributed by atoms with van der Waals surface area (Å²) in [6.07, 6.45) is 3.69. The van der Waals surface area contributed by atoms with Crippen LogP contribution in [-0.2, 0) is 9.59 Å². The normalized spacial score (nSPS) is 36.0. The number of carbonyl (C=O) groups is 2. The van der Waals surface area contributed by atoms with Crippen LogP contribution < -0.4 is 5.32 Å². The summed E-state index contributed by atoms with van der Waals surface area (Å²) in [5, 5.41) is 2.78. The van der Waals surface area contributed by atoms with Crippen LogP contribution in [0.1, 0.15) is 33.1 Å². The molecule has 0 aromatic rings. The zero-order valence-electron chi connectivity index (χ0n) is 8.75. The molecule has 1 N–H and O–H groups in total. The summed E-state index contributed by atoms with van der Waals surface area (Å²) in [7, 11) is 0. The highest BCUT2D eigenvalue weighted by Gasteiger charge is 2.56. The Labute approximate surface area is 84.2 Å². The van der Waals surface area contributed by atoms with Crippen LogP contribution in [0.3, 0.4) is 0 Å². The van der Waals surface area contributed by atoms with E-state index in [1.165, 1.54) is 26.2 Å². The van der Waals surface area contributed by atoms with Crippen LogP contribution in [-0.4, -0.2) is 17.7 Å². The Bertz CT molecular complexity index is 264. The number of hydrogen-bond acceptors (Lipinski definition) is 2. The molecule has 2 saturated carbocycles. The van der Waals surface area contributed by atoms with Crippen LogP contribution in [0.25, 0.3) is 0 Å². The standard InChI is InChI=1S/C11H17NO2/c1-6(7(2)13)12-11(14)10-8-4-3-5-9(8)10/h6,8-10H,3-5H2,1-2H3,(H,12,14). The second-order valence-corrected chi connectivity index (χ2v) is 4.63. The lowest BCUT2D eigenvalue weighted by atomic mass is 10.1. The predicted molar refractivity (Wildman–Crippen MR) is 52.6 cm³/mol. The number of nitrogens with one attached hydrogen (secondary N) is 1. The van der Waals surface area contributed by atoms with Crippen molar-refractivity contribution in [3.8, 4) is 0 Å². The highest BCUT2D eigenvalue weighted by Crippen LogP contribution is 2.57. The van der Waals surface area contributed by atoms with Crippen LogP contribution in [0.2, 0.25) is 0 Å². The summed E-state index contributed by atoms with van der Waals surface area (Å²) >= 11 is 0. The first-order chi connectivity index (χ1) is 6.61. The molecule has 0 aromatic carbocycles. The molecule has 2 rings (SSSR count). The van der Waals surface area contributed by atoms with Crippen LogP contribution in [0.15, 0.2) is 0 Å². The van der Waals surface area contributed by atoms with Gasteiger partial charge < -0.3 is 5.32 Å². The maximum Gasteiger partial charge on any atom is 0.224 e. The summed E-state index contributed by atoms with van der Waals surface area (Å²) in [4.78, 5) is 22.6. The van der Waals surface area contributed by atoms with Crippen molar-refractivity contribution in [2.45, 2.75) is 39.2 Å². The van der Waals surface area contributed by atoms with E-state index in [0.29, 0.717) is 11.8 Å². The molecule has 0 spiro atoms. The molecule has 2 aliphatic carbocycles. The van der Waals surface area contributed by atoms with Crippen molar-refractivity contribution in [3.63, 3.8) is 0 Å². The quantitative estimate of drug-likeness (QED) is 0.733. The van der Waals surface area contributed by atoms with Crippen molar-refractivity contribution in [3.05, 3.63) is 0 Å². The fourth-order valence-corrected chi connectivity index (χ4v) is 2.62. The first-order valence-electron chi connectivity index (χ1n) is 5.42. The SMILES string of the molecule is CC(=O)C(C)NC(=O)C1C2CCCC21. The van der Waals surface area contributed by atoms with Gasteiger partial charge in [0, 0.05) is 5.92 Å². The number of fused-ring (bicyclic) bond motifs is 1. The summed E-state index contributed by atoms with van der Waals surface area (Å²) in [6.45, 7) is 3.26. The second-order valence-electron chi connectivity index (χ2n) is 4.63. The molecule has 1 amide bonds. The maximum absolute atomic E-state index is 11.7. The van der Waals surface area contributed by atoms with Gasteiger partial charge in [0.25, 0.3) is 0 Å². The first-order valence-corrected chi connectivity index (χ1v) is 5.42. The molecule has 0 saturated heterocycles. The number of Topliss-reactive ketones (excluding diaryl/α,β-unsaturated/α-hetero) is 1. The Morgan fingerprint density at radius 2 is 1.86 bits per heavy atom. The number of amides is 1. The molecule has 2 fully saturated rings. The van der Waals surface area contributed by atoms with Gasteiger partial charge in [-0.1, -0.05) is 6.42 Å². The molecule has 0 bridgehead atoms. The topological polar surface area (TPSA) is 46.2 Å². The molecule has 3 heteroatoms. The van der Waals surface area contributed by atoms with E-state index in [9.17, 15) is 9.59 Å². The second kappa shape index (κ2) is 3.37. The molecule has 3 atom stereocenters. The average molecular weight is 195 g/mol. The summed E-state index contributed by atoms with van der Waals surface area (Å²) < 4.78 is 0. The Balaban J connectivity index is 1.83. The number of ketones is 1. The van der Waals surface area contributed by atoms with E-state index in [1.807, 2.05) is 0 Å². The van der Waals surface area contributed by atoms with Gasteiger partial charge in [-0.15, -0.1) is 0 Å². The van der Waals surface area contributed by atoms with Crippen LogP contribution in [0.5, 0.6) is 0 Å². The largest absolute Gasteiger partial charge is 0.346 e. The zero-order chi connectivity index (χ0) is 10.3. The Kier molecular flexibility index (Phi) is 2.33. The Hall–Kier alpha value is -0.860. The number of rotatable bonds is 3. The molecule has 78 valence electrons. The highest BCUT2D eigenvalue weighted by molar-refractivity contribution is 5.89. The third-order valence-corrected chi connectivity index (χ3v) is 3.68. The molecule has 14 heavy (non-hydrogen) atoms.